The van der Waals surface area contributed by atoms with E-state index in [0.29, 0.717) is 12.5 Å². The van der Waals surface area contributed by atoms with Crippen LogP contribution in [0.2, 0.25) is 0 Å². The molecule has 1 amide bonds. The molecule has 0 bridgehead atoms. The van der Waals surface area contributed by atoms with E-state index in [-0.39, 0.29) is 17.6 Å². The van der Waals surface area contributed by atoms with Crippen LogP contribution in [0.3, 0.4) is 0 Å². The Kier molecular flexibility index (Phi) is 3.50. The van der Waals surface area contributed by atoms with Crippen LogP contribution in [0.15, 0.2) is 0 Å². The third-order valence-electron chi connectivity index (χ3n) is 4.10. The van der Waals surface area contributed by atoms with E-state index in [1.54, 1.807) is 7.11 Å². The zero-order valence-electron chi connectivity index (χ0n) is 10.2. The number of hydrogen-bond acceptors (Lipinski definition) is 3. The van der Waals surface area contributed by atoms with Gasteiger partial charge in [0.1, 0.15) is 0 Å². The molecule has 1 aliphatic heterocycles. The number of ether oxygens (including phenoxy) is 1. The molecule has 0 aromatic heterocycles. The van der Waals surface area contributed by atoms with E-state index in [9.17, 15) is 4.79 Å². The molecule has 4 nitrogen and oxygen atoms in total. The van der Waals surface area contributed by atoms with Gasteiger partial charge in [-0.25, -0.2) is 0 Å². The minimum atomic E-state index is -0.0719. The van der Waals surface area contributed by atoms with E-state index in [4.69, 9.17) is 4.74 Å². The number of amides is 1. The average Bonchev–Trinajstić information content (AvgIpc) is 2.63. The molecule has 2 rings (SSSR count). The molecular formula is C12H22N2O2. The summed E-state index contributed by atoms with van der Waals surface area (Å²) in [6.07, 6.45) is 4.43. The van der Waals surface area contributed by atoms with Crippen molar-refractivity contribution in [3.63, 3.8) is 0 Å². The van der Waals surface area contributed by atoms with Gasteiger partial charge in [-0.3, -0.25) is 4.79 Å². The molecule has 92 valence electrons. The fraction of sp³-hybridized carbons (Fsp3) is 0.917. The highest BCUT2D eigenvalue weighted by Crippen LogP contribution is 2.34. The van der Waals surface area contributed by atoms with Gasteiger partial charge in [-0.1, -0.05) is 6.92 Å². The van der Waals surface area contributed by atoms with Crippen molar-refractivity contribution >= 4 is 5.91 Å². The van der Waals surface area contributed by atoms with Gasteiger partial charge in [0.05, 0.1) is 11.6 Å². The Balaban J connectivity index is 1.79. The highest BCUT2D eigenvalue weighted by molar-refractivity contribution is 5.82. The molecular weight excluding hydrogens is 204 g/mol. The second kappa shape index (κ2) is 4.72. The Bertz CT molecular complexity index is 258. The van der Waals surface area contributed by atoms with Crippen LogP contribution in [-0.4, -0.2) is 37.7 Å². The Labute approximate surface area is 97.1 Å². The van der Waals surface area contributed by atoms with Crippen molar-refractivity contribution in [3.8, 4) is 0 Å². The molecule has 16 heavy (non-hydrogen) atoms. The van der Waals surface area contributed by atoms with Gasteiger partial charge in [0.15, 0.2) is 0 Å². The lowest BCUT2D eigenvalue weighted by Crippen LogP contribution is -2.53. The average molecular weight is 226 g/mol. The van der Waals surface area contributed by atoms with E-state index < -0.39 is 0 Å². The molecule has 1 heterocycles. The predicted molar refractivity (Wildman–Crippen MR) is 62.2 cm³/mol. The molecule has 0 radical (unpaired) electrons. The largest absolute Gasteiger partial charge is 0.376 e. The normalized spacial score (nSPS) is 32.1. The first-order valence-corrected chi connectivity index (χ1v) is 6.23. The number of carbonyl (C=O) groups excluding carboxylic acids is 1. The predicted octanol–water partition coefficient (Wildman–Crippen LogP) is 0.670. The van der Waals surface area contributed by atoms with Crippen molar-refractivity contribution in [2.45, 2.75) is 44.2 Å². The van der Waals surface area contributed by atoms with Crippen molar-refractivity contribution in [2.24, 2.45) is 5.92 Å². The molecule has 0 aromatic carbocycles. The Morgan fingerprint density at radius 1 is 1.56 bits per heavy atom. The van der Waals surface area contributed by atoms with Crippen LogP contribution in [0, 0.1) is 5.92 Å². The van der Waals surface area contributed by atoms with Crippen LogP contribution in [-0.2, 0) is 9.53 Å². The zero-order chi connectivity index (χ0) is 11.6. The second-order valence-corrected chi connectivity index (χ2v) is 5.16. The van der Waals surface area contributed by atoms with Crippen molar-refractivity contribution in [1.82, 2.24) is 10.6 Å². The van der Waals surface area contributed by atoms with Crippen molar-refractivity contribution in [2.75, 3.05) is 20.2 Å². The molecule has 2 aliphatic rings. The number of nitrogens with one attached hydrogen (secondary N) is 2. The molecule has 1 saturated heterocycles. The van der Waals surface area contributed by atoms with Crippen molar-refractivity contribution in [3.05, 3.63) is 0 Å². The van der Waals surface area contributed by atoms with Crippen LogP contribution < -0.4 is 10.6 Å². The van der Waals surface area contributed by atoms with Gasteiger partial charge < -0.3 is 15.4 Å². The minimum absolute atomic E-state index is 0.00557. The molecule has 2 fully saturated rings. The van der Waals surface area contributed by atoms with Crippen molar-refractivity contribution < 1.29 is 9.53 Å². The summed E-state index contributed by atoms with van der Waals surface area (Å²) in [7, 11) is 1.74. The smallest absolute Gasteiger partial charge is 0.237 e. The van der Waals surface area contributed by atoms with Crippen molar-refractivity contribution in [1.29, 1.82) is 0 Å². The van der Waals surface area contributed by atoms with Gasteiger partial charge in [0, 0.05) is 13.7 Å². The summed E-state index contributed by atoms with van der Waals surface area (Å²) in [6.45, 7) is 3.74. The number of rotatable bonds is 4. The maximum absolute atomic E-state index is 11.9. The molecule has 4 heteroatoms. The summed E-state index contributed by atoms with van der Waals surface area (Å²) >= 11 is 0. The van der Waals surface area contributed by atoms with E-state index in [2.05, 4.69) is 17.6 Å². The summed E-state index contributed by atoms with van der Waals surface area (Å²) in [6, 6.07) is -0.00557. The molecule has 0 spiro atoms. The SMILES string of the molecule is COC1(CNC(=O)C2NCCC2C)CCC1. The first kappa shape index (κ1) is 11.9. The fourth-order valence-electron chi connectivity index (χ4n) is 2.57. The second-order valence-electron chi connectivity index (χ2n) is 5.16. The molecule has 0 aromatic rings. The number of hydrogen-bond donors (Lipinski definition) is 2. The molecule has 2 atom stereocenters. The number of carbonyl (C=O) groups is 1. The summed E-state index contributed by atoms with van der Waals surface area (Å²) < 4.78 is 5.48. The van der Waals surface area contributed by atoms with Gasteiger partial charge >= 0.3 is 0 Å². The van der Waals surface area contributed by atoms with E-state index in [1.165, 1.54) is 6.42 Å². The topological polar surface area (TPSA) is 50.4 Å². The van der Waals surface area contributed by atoms with Crippen LogP contribution in [0.4, 0.5) is 0 Å². The van der Waals surface area contributed by atoms with Crippen LogP contribution in [0.5, 0.6) is 0 Å². The van der Waals surface area contributed by atoms with Gasteiger partial charge in [-0.15, -0.1) is 0 Å². The zero-order valence-corrected chi connectivity index (χ0v) is 10.2. The van der Waals surface area contributed by atoms with Gasteiger partial charge in [0.25, 0.3) is 0 Å². The maximum Gasteiger partial charge on any atom is 0.237 e. The molecule has 2 N–H and O–H groups in total. The first-order chi connectivity index (χ1) is 7.67. The maximum atomic E-state index is 11.9. The van der Waals surface area contributed by atoms with Gasteiger partial charge in [-0.05, 0) is 38.1 Å². The third kappa shape index (κ3) is 2.23. The summed E-state index contributed by atoms with van der Waals surface area (Å²) in [5.41, 5.74) is -0.0719. The summed E-state index contributed by atoms with van der Waals surface area (Å²) in [5.74, 6) is 0.577. The highest BCUT2D eigenvalue weighted by Gasteiger charge is 2.38. The quantitative estimate of drug-likeness (QED) is 0.741. The Hall–Kier alpha value is -0.610. The van der Waals surface area contributed by atoms with E-state index in [0.717, 1.165) is 25.8 Å². The molecule has 1 aliphatic carbocycles. The molecule has 1 saturated carbocycles. The minimum Gasteiger partial charge on any atom is -0.376 e. The van der Waals surface area contributed by atoms with Crippen LogP contribution in [0.1, 0.15) is 32.6 Å². The summed E-state index contributed by atoms with van der Waals surface area (Å²) in [5, 5.41) is 6.27. The molecule has 2 unspecified atom stereocenters. The highest BCUT2D eigenvalue weighted by atomic mass is 16.5. The summed E-state index contributed by atoms with van der Waals surface area (Å²) in [4.78, 5) is 11.9. The third-order valence-corrected chi connectivity index (χ3v) is 4.10. The van der Waals surface area contributed by atoms with Gasteiger partial charge in [0.2, 0.25) is 5.91 Å². The van der Waals surface area contributed by atoms with Gasteiger partial charge in [-0.2, -0.15) is 0 Å². The van der Waals surface area contributed by atoms with Crippen LogP contribution >= 0.6 is 0 Å². The lowest BCUT2D eigenvalue weighted by Gasteiger charge is -2.40. The van der Waals surface area contributed by atoms with Crippen LogP contribution in [0.25, 0.3) is 0 Å². The Morgan fingerprint density at radius 2 is 2.31 bits per heavy atom. The Morgan fingerprint density at radius 3 is 2.75 bits per heavy atom. The fourth-order valence-corrected chi connectivity index (χ4v) is 2.57. The lowest BCUT2D eigenvalue weighted by molar-refractivity contribution is -0.127. The standard InChI is InChI=1S/C12H22N2O2/c1-9-4-7-13-10(9)11(15)14-8-12(16-2)5-3-6-12/h9-10,13H,3-8H2,1-2H3,(H,14,15). The first-order valence-electron chi connectivity index (χ1n) is 6.23. The van der Waals surface area contributed by atoms with E-state index in [1.807, 2.05) is 0 Å². The van der Waals surface area contributed by atoms with E-state index >= 15 is 0 Å². The lowest BCUT2D eigenvalue weighted by atomic mass is 9.80. The monoisotopic (exact) mass is 226 g/mol. The number of methoxy groups -OCH3 is 1.